The van der Waals surface area contributed by atoms with Crippen LogP contribution in [0.25, 0.3) is 0 Å². The van der Waals surface area contributed by atoms with Gasteiger partial charge in [-0.1, -0.05) is 23.4 Å². The fraction of sp³-hybridized carbons (Fsp3) is 0.500. The fourth-order valence-corrected chi connectivity index (χ4v) is 3.74. The Morgan fingerprint density at radius 1 is 1.11 bits per heavy atom. The van der Waals surface area contributed by atoms with Crippen molar-refractivity contribution in [2.75, 3.05) is 31.5 Å². The molecule has 0 spiro atoms. The topological polar surface area (TPSA) is 91.6 Å². The van der Waals surface area contributed by atoms with E-state index in [0.717, 1.165) is 43.0 Å². The van der Waals surface area contributed by atoms with Crippen LogP contribution in [-0.2, 0) is 4.79 Å². The number of carbonyl (C=O) groups is 2. The van der Waals surface area contributed by atoms with Crippen molar-refractivity contribution in [1.82, 2.24) is 19.9 Å². The molecule has 3 amide bonds. The zero-order chi connectivity index (χ0) is 19.7. The Labute approximate surface area is 163 Å². The van der Waals surface area contributed by atoms with Crippen molar-refractivity contribution in [3.63, 3.8) is 0 Å². The third-order valence-corrected chi connectivity index (χ3v) is 5.67. The van der Waals surface area contributed by atoms with Crippen LogP contribution in [0.5, 0.6) is 0 Å². The quantitative estimate of drug-likeness (QED) is 0.880. The second-order valence-corrected chi connectivity index (χ2v) is 7.62. The lowest BCUT2D eigenvalue weighted by atomic mass is 9.96. The Kier molecular flexibility index (Phi) is 5.02. The first-order chi connectivity index (χ1) is 13.5. The SMILES string of the molecule is CC(=O)N1CCC(c2noc(C3CN(C(=O)Nc4ccccc4C)C3)n2)CC1. The summed E-state index contributed by atoms with van der Waals surface area (Å²) in [5.74, 6) is 1.76. The summed E-state index contributed by atoms with van der Waals surface area (Å²) in [6.45, 7) is 6.18. The van der Waals surface area contributed by atoms with E-state index in [1.165, 1.54) is 0 Å². The monoisotopic (exact) mass is 383 g/mol. The number of carbonyl (C=O) groups excluding carboxylic acids is 2. The van der Waals surface area contributed by atoms with E-state index in [2.05, 4.69) is 15.5 Å². The number of nitrogens with zero attached hydrogens (tertiary/aromatic N) is 4. The van der Waals surface area contributed by atoms with Crippen molar-refractivity contribution < 1.29 is 14.1 Å². The van der Waals surface area contributed by atoms with Crippen molar-refractivity contribution in [3.05, 3.63) is 41.5 Å². The number of nitrogens with one attached hydrogen (secondary N) is 1. The van der Waals surface area contributed by atoms with Gasteiger partial charge in [0, 0.05) is 44.7 Å². The van der Waals surface area contributed by atoms with Gasteiger partial charge in [0.2, 0.25) is 11.8 Å². The normalized spacial score (nSPS) is 18.1. The average molecular weight is 383 g/mol. The molecule has 8 nitrogen and oxygen atoms in total. The molecule has 28 heavy (non-hydrogen) atoms. The van der Waals surface area contributed by atoms with Crippen LogP contribution in [0.4, 0.5) is 10.5 Å². The van der Waals surface area contributed by atoms with Crippen LogP contribution in [0, 0.1) is 6.92 Å². The molecule has 1 N–H and O–H groups in total. The standard InChI is InChI=1S/C20H25N5O3/c1-13-5-3-4-6-17(13)21-20(27)25-11-16(12-25)19-22-18(23-28-19)15-7-9-24(10-8-15)14(2)26/h3-6,15-16H,7-12H2,1-2H3,(H,21,27). The molecule has 2 aliphatic heterocycles. The van der Waals surface area contributed by atoms with E-state index in [1.54, 1.807) is 11.8 Å². The molecule has 2 fully saturated rings. The van der Waals surface area contributed by atoms with Gasteiger partial charge in [-0.05, 0) is 31.4 Å². The predicted octanol–water partition coefficient (Wildman–Crippen LogP) is 2.74. The molecule has 1 aromatic heterocycles. The molecule has 2 aliphatic rings. The molecular weight excluding hydrogens is 358 g/mol. The minimum absolute atomic E-state index is 0.0844. The van der Waals surface area contributed by atoms with Crippen molar-refractivity contribution >= 4 is 17.6 Å². The fourth-order valence-electron chi connectivity index (χ4n) is 3.74. The Bertz CT molecular complexity index is 866. The zero-order valence-corrected chi connectivity index (χ0v) is 16.2. The number of anilines is 1. The maximum atomic E-state index is 12.4. The van der Waals surface area contributed by atoms with Crippen molar-refractivity contribution in [2.45, 2.75) is 38.5 Å². The van der Waals surface area contributed by atoms with Crippen molar-refractivity contribution in [1.29, 1.82) is 0 Å². The lowest BCUT2D eigenvalue weighted by Gasteiger charge is -2.37. The summed E-state index contributed by atoms with van der Waals surface area (Å²) in [6.07, 6.45) is 1.71. The van der Waals surface area contributed by atoms with Crippen LogP contribution < -0.4 is 5.32 Å². The molecule has 4 rings (SSSR count). The zero-order valence-electron chi connectivity index (χ0n) is 16.2. The molecule has 0 saturated carbocycles. The first-order valence-corrected chi connectivity index (χ1v) is 9.72. The summed E-state index contributed by atoms with van der Waals surface area (Å²) < 4.78 is 5.46. The molecule has 3 heterocycles. The summed E-state index contributed by atoms with van der Waals surface area (Å²) in [7, 11) is 0. The number of piperidine rings is 1. The number of aryl methyl sites for hydroxylation is 1. The Hall–Kier alpha value is -2.90. The molecule has 148 valence electrons. The predicted molar refractivity (Wildman–Crippen MR) is 103 cm³/mol. The minimum atomic E-state index is -0.109. The van der Waals surface area contributed by atoms with Gasteiger partial charge in [-0.15, -0.1) is 0 Å². The third kappa shape index (κ3) is 3.72. The maximum Gasteiger partial charge on any atom is 0.321 e. The molecule has 2 saturated heterocycles. The average Bonchev–Trinajstić information content (AvgIpc) is 3.12. The van der Waals surface area contributed by atoms with Crippen LogP contribution in [0.1, 0.15) is 48.9 Å². The van der Waals surface area contributed by atoms with E-state index in [4.69, 9.17) is 4.52 Å². The maximum absolute atomic E-state index is 12.4. The number of rotatable bonds is 3. The number of amides is 3. The summed E-state index contributed by atoms with van der Waals surface area (Å²) in [5, 5.41) is 7.10. The summed E-state index contributed by atoms with van der Waals surface area (Å²) in [6, 6.07) is 7.60. The minimum Gasteiger partial charge on any atom is -0.343 e. The van der Waals surface area contributed by atoms with E-state index in [1.807, 2.05) is 36.1 Å². The molecule has 0 radical (unpaired) electrons. The van der Waals surface area contributed by atoms with Gasteiger partial charge in [-0.2, -0.15) is 4.98 Å². The van der Waals surface area contributed by atoms with Crippen LogP contribution in [-0.4, -0.2) is 58.1 Å². The molecular formula is C20H25N5O3. The number of para-hydroxylation sites is 1. The van der Waals surface area contributed by atoms with Gasteiger partial charge in [-0.3, -0.25) is 4.79 Å². The highest BCUT2D eigenvalue weighted by Crippen LogP contribution is 2.30. The van der Waals surface area contributed by atoms with E-state index in [0.29, 0.717) is 19.0 Å². The van der Waals surface area contributed by atoms with E-state index < -0.39 is 0 Å². The third-order valence-electron chi connectivity index (χ3n) is 5.67. The number of hydrogen-bond donors (Lipinski definition) is 1. The molecule has 0 atom stereocenters. The highest BCUT2D eigenvalue weighted by molar-refractivity contribution is 5.90. The van der Waals surface area contributed by atoms with Gasteiger partial charge in [0.15, 0.2) is 5.82 Å². The summed E-state index contributed by atoms with van der Waals surface area (Å²) in [5.41, 5.74) is 1.86. The summed E-state index contributed by atoms with van der Waals surface area (Å²) in [4.78, 5) is 32.0. The van der Waals surface area contributed by atoms with E-state index in [9.17, 15) is 9.59 Å². The van der Waals surface area contributed by atoms with Crippen LogP contribution in [0.15, 0.2) is 28.8 Å². The Morgan fingerprint density at radius 2 is 1.82 bits per heavy atom. The van der Waals surface area contributed by atoms with Gasteiger partial charge in [0.1, 0.15) is 0 Å². The molecule has 1 aromatic carbocycles. The van der Waals surface area contributed by atoms with Gasteiger partial charge in [-0.25, -0.2) is 4.79 Å². The molecule has 2 aromatic rings. The molecule has 0 unspecified atom stereocenters. The van der Waals surface area contributed by atoms with Gasteiger partial charge in [0.05, 0.1) is 5.92 Å². The number of hydrogen-bond acceptors (Lipinski definition) is 5. The van der Waals surface area contributed by atoms with Crippen LogP contribution >= 0.6 is 0 Å². The first kappa shape index (κ1) is 18.5. The largest absolute Gasteiger partial charge is 0.343 e. The van der Waals surface area contributed by atoms with Crippen LogP contribution in [0.2, 0.25) is 0 Å². The lowest BCUT2D eigenvalue weighted by molar-refractivity contribution is -0.129. The second-order valence-electron chi connectivity index (χ2n) is 7.62. The van der Waals surface area contributed by atoms with E-state index >= 15 is 0 Å². The molecule has 0 aliphatic carbocycles. The highest BCUT2D eigenvalue weighted by Gasteiger charge is 2.36. The van der Waals surface area contributed by atoms with Gasteiger partial charge in [0.25, 0.3) is 0 Å². The number of benzene rings is 1. The highest BCUT2D eigenvalue weighted by atomic mass is 16.5. The van der Waals surface area contributed by atoms with Crippen molar-refractivity contribution in [2.24, 2.45) is 0 Å². The number of aromatic nitrogens is 2. The first-order valence-electron chi connectivity index (χ1n) is 9.72. The number of likely N-dealkylation sites (tertiary alicyclic amines) is 2. The lowest BCUT2D eigenvalue weighted by Crippen LogP contribution is -2.50. The van der Waals surface area contributed by atoms with Crippen LogP contribution in [0.3, 0.4) is 0 Å². The Morgan fingerprint density at radius 3 is 2.50 bits per heavy atom. The van der Waals surface area contributed by atoms with Crippen molar-refractivity contribution in [3.8, 4) is 0 Å². The second kappa shape index (κ2) is 7.61. The smallest absolute Gasteiger partial charge is 0.321 e. The van der Waals surface area contributed by atoms with Gasteiger partial charge >= 0.3 is 6.03 Å². The van der Waals surface area contributed by atoms with E-state index in [-0.39, 0.29) is 23.8 Å². The summed E-state index contributed by atoms with van der Waals surface area (Å²) >= 11 is 0. The van der Waals surface area contributed by atoms with Gasteiger partial charge < -0.3 is 19.6 Å². The molecule has 0 bridgehead atoms. The Balaban J connectivity index is 1.29. The molecule has 8 heteroatoms. The number of urea groups is 1.